The van der Waals surface area contributed by atoms with E-state index in [2.05, 4.69) is 13.8 Å². The van der Waals surface area contributed by atoms with Crippen molar-refractivity contribution in [2.24, 2.45) is 28.6 Å². The lowest BCUT2D eigenvalue weighted by Gasteiger charge is -2.59. The van der Waals surface area contributed by atoms with Crippen molar-refractivity contribution < 1.29 is 19.5 Å². The second-order valence-corrected chi connectivity index (χ2v) is 10.8. The summed E-state index contributed by atoms with van der Waals surface area (Å²) in [5.74, 6) is 2.01. The van der Waals surface area contributed by atoms with Gasteiger partial charge >= 0.3 is 5.97 Å². The van der Waals surface area contributed by atoms with Crippen LogP contribution in [0.25, 0.3) is 0 Å². The van der Waals surface area contributed by atoms with E-state index in [1.54, 1.807) is 11.8 Å². The highest BCUT2D eigenvalue weighted by Crippen LogP contribution is 2.65. The molecule has 27 heavy (non-hydrogen) atoms. The van der Waals surface area contributed by atoms with Crippen LogP contribution in [0.1, 0.15) is 65.2 Å². The van der Waals surface area contributed by atoms with Crippen molar-refractivity contribution >= 4 is 29.3 Å². The predicted molar refractivity (Wildman–Crippen MR) is 106 cm³/mol. The average Bonchev–Trinajstić information content (AvgIpc) is 2.91. The molecule has 3 fully saturated rings. The first kappa shape index (κ1) is 19.2. The van der Waals surface area contributed by atoms with Crippen LogP contribution in [0.2, 0.25) is 0 Å². The number of carbonyl (C=O) groups is 3. The van der Waals surface area contributed by atoms with Crippen LogP contribution in [0.4, 0.5) is 0 Å². The number of aliphatic carboxylic acids is 1. The Kier molecular flexibility index (Phi) is 4.81. The maximum absolute atomic E-state index is 12.6. The fourth-order valence-electron chi connectivity index (χ4n) is 6.88. The van der Waals surface area contributed by atoms with Crippen LogP contribution in [-0.2, 0) is 14.4 Å². The van der Waals surface area contributed by atoms with Gasteiger partial charge < -0.3 is 5.11 Å². The average molecular weight is 391 g/mol. The Labute approximate surface area is 165 Å². The molecule has 5 heteroatoms. The van der Waals surface area contributed by atoms with Crippen LogP contribution in [0.3, 0.4) is 0 Å². The van der Waals surface area contributed by atoms with Crippen molar-refractivity contribution in [1.29, 1.82) is 0 Å². The first-order valence-electron chi connectivity index (χ1n) is 10.4. The molecule has 3 saturated carbocycles. The molecule has 0 amide bonds. The van der Waals surface area contributed by atoms with Crippen LogP contribution in [0.5, 0.6) is 0 Å². The van der Waals surface area contributed by atoms with Crippen molar-refractivity contribution in [3.05, 3.63) is 11.6 Å². The molecule has 4 aliphatic rings. The highest BCUT2D eigenvalue weighted by molar-refractivity contribution is 8.00. The summed E-state index contributed by atoms with van der Waals surface area (Å²) in [4.78, 5) is 35.9. The molecular weight excluding hydrogens is 360 g/mol. The van der Waals surface area contributed by atoms with Gasteiger partial charge in [-0.25, -0.2) is 0 Å². The molecule has 6 atom stereocenters. The minimum atomic E-state index is -0.773. The number of ketones is 2. The maximum atomic E-state index is 12.6. The van der Waals surface area contributed by atoms with Crippen LogP contribution >= 0.6 is 11.8 Å². The molecule has 0 spiro atoms. The number of carboxylic acid groups (broad SMARTS) is 1. The number of fused-ring (bicyclic) bond motifs is 5. The molecule has 0 heterocycles. The van der Waals surface area contributed by atoms with Gasteiger partial charge in [0.05, 0.1) is 6.42 Å². The quantitative estimate of drug-likeness (QED) is 0.776. The van der Waals surface area contributed by atoms with Crippen molar-refractivity contribution in [2.45, 2.75) is 70.5 Å². The number of allylic oxidation sites excluding steroid dienone is 1. The zero-order chi connectivity index (χ0) is 19.4. The lowest BCUT2D eigenvalue weighted by molar-refractivity contribution is -0.136. The van der Waals surface area contributed by atoms with E-state index in [0.29, 0.717) is 35.7 Å². The zero-order valence-electron chi connectivity index (χ0n) is 16.3. The van der Waals surface area contributed by atoms with Crippen LogP contribution in [-0.4, -0.2) is 33.6 Å². The number of carbonyl (C=O) groups excluding carboxylic acids is 2. The third-order valence-corrected chi connectivity index (χ3v) is 9.88. The second kappa shape index (κ2) is 6.75. The van der Waals surface area contributed by atoms with Gasteiger partial charge in [-0.1, -0.05) is 19.4 Å². The summed E-state index contributed by atoms with van der Waals surface area (Å²) >= 11 is 1.69. The standard InChI is InChI=1S/C22H30O4S/c1-21-9-7-17-15(16(21)5-6-18(21)24)4-3-13-11-14(23)12-19(22(13,17)2)27-10-8-20(25)26/h11,15-17,19H,3-10,12H2,1-2H3,(H,25,26)/t15-,16-,17+,19?,21-,22-/m0/s1. The molecular formula is C22H30O4S. The minimum absolute atomic E-state index is 0.0348. The molecule has 0 aliphatic heterocycles. The summed E-state index contributed by atoms with van der Waals surface area (Å²) in [6.45, 7) is 4.53. The molecule has 0 aromatic carbocycles. The van der Waals surface area contributed by atoms with Gasteiger partial charge in [0.2, 0.25) is 0 Å². The molecule has 0 bridgehead atoms. The number of hydrogen-bond donors (Lipinski definition) is 1. The first-order chi connectivity index (χ1) is 12.8. The molecule has 0 radical (unpaired) electrons. The summed E-state index contributed by atoms with van der Waals surface area (Å²) in [5.41, 5.74) is 1.13. The lowest BCUT2D eigenvalue weighted by atomic mass is 9.47. The maximum Gasteiger partial charge on any atom is 0.304 e. The molecule has 0 saturated heterocycles. The lowest BCUT2D eigenvalue weighted by Crippen LogP contribution is -2.54. The topological polar surface area (TPSA) is 71.4 Å². The third-order valence-electron chi connectivity index (χ3n) is 8.38. The van der Waals surface area contributed by atoms with E-state index in [1.807, 2.05) is 6.08 Å². The predicted octanol–water partition coefficient (Wildman–Crippen LogP) is 4.27. The van der Waals surface area contributed by atoms with E-state index in [0.717, 1.165) is 38.5 Å². The van der Waals surface area contributed by atoms with Gasteiger partial charge in [0.1, 0.15) is 5.78 Å². The van der Waals surface area contributed by atoms with E-state index in [-0.39, 0.29) is 28.3 Å². The van der Waals surface area contributed by atoms with Gasteiger partial charge in [-0.2, -0.15) is 11.8 Å². The van der Waals surface area contributed by atoms with E-state index in [9.17, 15) is 14.4 Å². The highest BCUT2D eigenvalue weighted by atomic mass is 32.2. The van der Waals surface area contributed by atoms with Gasteiger partial charge in [0, 0.05) is 34.7 Å². The second-order valence-electron chi connectivity index (χ2n) is 9.46. The molecule has 0 aromatic heterocycles. The Balaban J connectivity index is 1.64. The van der Waals surface area contributed by atoms with Crippen molar-refractivity contribution in [2.75, 3.05) is 5.75 Å². The Morgan fingerprint density at radius 3 is 2.70 bits per heavy atom. The minimum Gasteiger partial charge on any atom is -0.481 e. The Morgan fingerprint density at radius 1 is 1.19 bits per heavy atom. The summed E-state index contributed by atoms with van der Waals surface area (Å²) in [6, 6.07) is 0. The van der Waals surface area contributed by atoms with E-state index >= 15 is 0 Å². The summed E-state index contributed by atoms with van der Waals surface area (Å²) in [6.07, 6.45) is 8.42. The van der Waals surface area contributed by atoms with Gasteiger partial charge in [0.15, 0.2) is 5.78 Å². The van der Waals surface area contributed by atoms with Crippen molar-refractivity contribution in [1.82, 2.24) is 0 Å². The number of carboxylic acids is 1. The normalized spacial score (nSPS) is 43.6. The van der Waals surface area contributed by atoms with E-state index < -0.39 is 5.97 Å². The number of thioether (sulfide) groups is 1. The monoisotopic (exact) mass is 390 g/mol. The molecule has 4 aliphatic carbocycles. The summed E-state index contributed by atoms with van der Waals surface area (Å²) in [7, 11) is 0. The summed E-state index contributed by atoms with van der Waals surface area (Å²) < 4.78 is 0. The fourth-order valence-corrected chi connectivity index (χ4v) is 8.41. The number of hydrogen-bond acceptors (Lipinski definition) is 4. The van der Waals surface area contributed by atoms with Gasteiger partial charge in [-0.05, 0) is 55.9 Å². The number of Topliss-reactive ketones (excluding diaryl/α,β-unsaturated/α-hetero) is 1. The molecule has 4 rings (SSSR count). The van der Waals surface area contributed by atoms with Crippen LogP contribution in [0, 0.1) is 28.6 Å². The number of rotatable bonds is 4. The molecule has 148 valence electrons. The van der Waals surface area contributed by atoms with E-state index in [1.165, 1.54) is 5.57 Å². The Bertz CT molecular complexity index is 713. The zero-order valence-corrected chi connectivity index (χ0v) is 17.1. The Morgan fingerprint density at radius 2 is 1.96 bits per heavy atom. The van der Waals surface area contributed by atoms with Gasteiger partial charge in [-0.15, -0.1) is 0 Å². The highest BCUT2D eigenvalue weighted by Gasteiger charge is 2.60. The van der Waals surface area contributed by atoms with Crippen molar-refractivity contribution in [3.8, 4) is 0 Å². The van der Waals surface area contributed by atoms with Gasteiger partial charge in [0.25, 0.3) is 0 Å². The molecule has 4 nitrogen and oxygen atoms in total. The first-order valence-corrected chi connectivity index (χ1v) is 11.4. The molecule has 1 N–H and O–H groups in total. The van der Waals surface area contributed by atoms with Crippen LogP contribution < -0.4 is 0 Å². The largest absolute Gasteiger partial charge is 0.481 e. The van der Waals surface area contributed by atoms with Crippen molar-refractivity contribution in [3.63, 3.8) is 0 Å². The third kappa shape index (κ3) is 2.92. The van der Waals surface area contributed by atoms with E-state index in [4.69, 9.17) is 5.11 Å². The Hall–Kier alpha value is -1.10. The smallest absolute Gasteiger partial charge is 0.304 e. The fraction of sp³-hybridized carbons (Fsp3) is 0.773. The summed E-state index contributed by atoms with van der Waals surface area (Å²) in [5, 5.41) is 9.18. The molecule has 0 aromatic rings. The molecule has 1 unspecified atom stereocenters. The SMILES string of the molecule is C[C@]12CC[C@@H]3[C@@H](CCC4=CC(=O)CC(SCCC(=O)O)[C@@]43C)[C@@H]1CCC2=O. The van der Waals surface area contributed by atoms with Gasteiger partial charge in [-0.3, -0.25) is 14.4 Å². The van der Waals surface area contributed by atoms with Crippen LogP contribution in [0.15, 0.2) is 11.6 Å².